The van der Waals surface area contributed by atoms with Gasteiger partial charge in [0, 0.05) is 36.8 Å². The molecule has 4 heterocycles. The van der Waals surface area contributed by atoms with Crippen molar-refractivity contribution < 1.29 is 4.79 Å². The number of amides is 1. The Balaban J connectivity index is 1.34. The number of benzene rings is 1. The van der Waals surface area contributed by atoms with E-state index in [1.54, 1.807) is 29.9 Å². The van der Waals surface area contributed by atoms with Crippen LogP contribution < -0.4 is 16.0 Å². The Hall–Kier alpha value is -3.36. The second-order valence-corrected chi connectivity index (χ2v) is 8.53. The number of allylic oxidation sites excluding steroid dienone is 1. The SMILES string of the molecule is O=C(NC1CCNC1)C1=CC(Nc2nc3ccc(-c4ccncc4)cc3s2)=NC=CC1. The van der Waals surface area contributed by atoms with E-state index in [-0.39, 0.29) is 11.9 Å². The van der Waals surface area contributed by atoms with Crippen molar-refractivity contribution >= 4 is 38.4 Å². The summed E-state index contributed by atoms with van der Waals surface area (Å²) in [7, 11) is 0. The first-order valence-electron chi connectivity index (χ1n) is 10.3. The predicted octanol–water partition coefficient (Wildman–Crippen LogP) is 3.49. The van der Waals surface area contributed by atoms with Gasteiger partial charge in [0.2, 0.25) is 5.91 Å². The van der Waals surface area contributed by atoms with Crippen LogP contribution in [0.25, 0.3) is 21.3 Å². The molecular weight excluding hydrogens is 408 g/mol. The Bertz CT molecular complexity index is 1190. The Morgan fingerprint density at radius 1 is 1.16 bits per heavy atom. The molecule has 1 fully saturated rings. The number of rotatable bonds is 4. The van der Waals surface area contributed by atoms with Crippen LogP contribution in [0.3, 0.4) is 0 Å². The summed E-state index contributed by atoms with van der Waals surface area (Å²) in [5, 5.41) is 10.4. The van der Waals surface area contributed by atoms with Crippen molar-refractivity contribution in [2.45, 2.75) is 18.9 Å². The van der Waals surface area contributed by atoms with E-state index in [4.69, 9.17) is 0 Å². The molecule has 2 aliphatic rings. The standard InChI is InChI=1S/C23H22N6OS/c30-22(27-18-7-11-25-14-18)17-2-1-8-26-21(13-17)29-23-28-19-4-3-16(12-20(19)31-23)15-5-9-24-10-6-15/h1,3-6,8-10,12-13,18,25H,2,7,11,14H2,(H,27,30)(H,26,28,29). The Kier molecular flexibility index (Phi) is 5.56. The van der Waals surface area contributed by atoms with Crippen LogP contribution in [0.15, 0.2) is 71.6 Å². The average molecular weight is 431 g/mol. The number of nitrogens with zero attached hydrogens (tertiary/aromatic N) is 3. The van der Waals surface area contributed by atoms with E-state index in [1.165, 1.54) is 0 Å². The maximum absolute atomic E-state index is 12.7. The molecular formula is C23H22N6OS. The fourth-order valence-corrected chi connectivity index (χ4v) is 4.58. The first kappa shape index (κ1) is 19.6. The minimum atomic E-state index is -0.0407. The topological polar surface area (TPSA) is 91.3 Å². The Labute approximate surface area is 184 Å². The van der Waals surface area contributed by atoms with Crippen molar-refractivity contribution in [2.75, 3.05) is 18.4 Å². The molecule has 8 heteroatoms. The highest BCUT2D eigenvalue weighted by molar-refractivity contribution is 7.22. The van der Waals surface area contributed by atoms with Crippen LogP contribution in [0.5, 0.6) is 0 Å². The molecule has 1 saturated heterocycles. The zero-order valence-electron chi connectivity index (χ0n) is 16.8. The monoisotopic (exact) mass is 430 g/mol. The third kappa shape index (κ3) is 4.55. The number of amidine groups is 1. The van der Waals surface area contributed by atoms with Gasteiger partial charge in [0.15, 0.2) is 5.13 Å². The van der Waals surface area contributed by atoms with Crippen LogP contribution in [0.1, 0.15) is 12.8 Å². The van der Waals surface area contributed by atoms with Crippen LogP contribution in [0, 0.1) is 0 Å². The van der Waals surface area contributed by atoms with Gasteiger partial charge in [-0.15, -0.1) is 0 Å². The summed E-state index contributed by atoms with van der Waals surface area (Å²) in [5.74, 6) is 0.568. The van der Waals surface area contributed by atoms with E-state index in [9.17, 15) is 4.79 Å². The van der Waals surface area contributed by atoms with E-state index < -0.39 is 0 Å². The zero-order chi connectivity index (χ0) is 21.0. The van der Waals surface area contributed by atoms with Gasteiger partial charge in [0.25, 0.3) is 0 Å². The Morgan fingerprint density at radius 3 is 2.90 bits per heavy atom. The largest absolute Gasteiger partial charge is 0.348 e. The van der Waals surface area contributed by atoms with Crippen LogP contribution in [0.4, 0.5) is 5.13 Å². The van der Waals surface area contributed by atoms with E-state index in [0.29, 0.717) is 17.8 Å². The maximum Gasteiger partial charge on any atom is 0.247 e. The van der Waals surface area contributed by atoms with Crippen molar-refractivity contribution in [1.29, 1.82) is 0 Å². The Morgan fingerprint density at radius 2 is 2.06 bits per heavy atom. The smallest absolute Gasteiger partial charge is 0.247 e. The fraction of sp³-hybridized carbons (Fsp3) is 0.217. The number of aliphatic imine (C=N–C) groups is 1. The third-order valence-corrected chi connectivity index (χ3v) is 6.23. The third-order valence-electron chi connectivity index (χ3n) is 5.29. The van der Waals surface area contributed by atoms with Gasteiger partial charge in [-0.3, -0.25) is 9.78 Å². The fourth-order valence-electron chi connectivity index (χ4n) is 3.67. The number of hydrogen-bond donors (Lipinski definition) is 3. The molecule has 3 aromatic rings. The molecule has 1 aromatic carbocycles. The number of thiazole rings is 1. The maximum atomic E-state index is 12.7. The summed E-state index contributed by atoms with van der Waals surface area (Å²) in [6.45, 7) is 1.76. The van der Waals surface area contributed by atoms with Gasteiger partial charge in [-0.25, -0.2) is 9.98 Å². The van der Waals surface area contributed by atoms with Gasteiger partial charge < -0.3 is 16.0 Å². The molecule has 0 bridgehead atoms. The molecule has 1 atom stereocenters. The number of carbonyl (C=O) groups excluding carboxylic acids is 1. The number of anilines is 1. The normalized spacial score (nSPS) is 18.4. The van der Waals surface area contributed by atoms with E-state index in [0.717, 1.165) is 46.0 Å². The van der Waals surface area contributed by atoms with Crippen LogP contribution in [-0.2, 0) is 4.79 Å². The zero-order valence-corrected chi connectivity index (χ0v) is 17.7. The van der Waals surface area contributed by atoms with Gasteiger partial charge in [-0.2, -0.15) is 0 Å². The van der Waals surface area contributed by atoms with E-state index in [2.05, 4.69) is 43.0 Å². The summed E-state index contributed by atoms with van der Waals surface area (Å²) < 4.78 is 1.08. The van der Waals surface area contributed by atoms with Gasteiger partial charge in [0.05, 0.1) is 10.2 Å². The predicted molar refractivity (Wildman–Crippen MR) is 125 cm³/mol. The van der Waals surface area contributed by atoms with Crippen molar-refractivity contribution in [1.82, 2.24) is 20.6 Å². The molecule has 156 valence electrons. The molecule has 0 saturated carbocycles. The lowest BCUT2D eigenvalue weighted by molar-refractivity contribution is -0.118. The number of pyridine rings is 1. The molecule has 7 nitrogen and oxygen atoms in total. The molecule has 2 aliphatic heterocycles. The van der Waals surface area contributed by atoms with Crippen LogP contribution >= 0.6 is 11.3 Å². The van der Waals surface area contributed by atoms with Crippen molar-refractivity contribution in [3.8, 4) is 11.1 Å². The minimum Gasteiger partial charge on any atom is -0.348 e. The summed E-state index contributed by atoms with van der Waals surface area (Å²) >= 11 is 1.56. The lowest BCUT2D eigenvalue weighted by Gasteiger charge is -2.12. The number of hydrogen-bond acceptors (Lipinski definition) is 7. The molecule has 0 radical (unpaired) electrons. The highest BCUT2D eigenvalue weighted by Gasteiger charge is 2.19. The number of aromatic nitrogens is 2. The molecule has 5 rings (SSSR count). The molecule has 31 heavy (non-hydrogen) atoms. The lowest BCUT2D eigenvalue weighted by atomic mass is 10.1. The van der Waals surface area contributed by atoms with Crippen LogP contribution in [-0.4, -0.2) is 40.8 Å². The average Bonchev–Trinajstić information content (AvgIpc) is 3.38. The number of nitrogens with one attached hydrogen (secondary N) is 3. The van der Waals surface area contributed by atoms with Gasteiger partial charge in [-0.05, 0) is 60.9 Å². The van der Waals surface area contributed by atoms with E-state index in [1.807, 2.05) is 30.4 Å². The molecule has 0 aliphatic carbocycles. The number of carbonyl (C=O) groups is 1. The van der Waals surface area contributed by atoms with Gasteiger partial charge in [0.1, 0.15) is 5.84 Å². The first-order valence-corrected chi connectivity index (χ1v) is 11.1. The second kappa shape index (κ2) is 8.79. The lowest BCUT2D eigenvalue weighted by Crippen LogP contribution is -2.37. The number of fused-ring (bicyclic) bond motifs is 1. The van der Waals surface area contributed by atoms with Gasteiger partial charge >= 0.3 is 0 Å². The summed E-state index contributed by atoms with van der Waals surface area (Å²) in [5.41, 5.74) is 3.85. The molecule has 1 unspecified atom stereocenters. The minimum absolute atomic E-state index is 0.0407. The van der Waals surface area contributed by atoms with E-state index >= 15 is 0 Å². The molecule has 1 amide bonds. The van der Waals surface area contributed by atoms with Crippen molar-refractivity contribution in [3.05, 3.63) is 66.7 Å². The molecule has 2 aromatic heterocycles. The molecule has 0 spiro atoms. The highest BCUT2D eigenvalue weighted by Crippen LogP contribution is 2.30. The quantitative estimate of drug-likeness (QED) is 0.589. The highest BCUT2D eigenvalue weighted by atomic mass is 32.1. The van der Waals surface area contributed by atoms with Crippen molar-refractivity contribution in [2.24, 2.45) is 4.99 Å². The van der Waals surface area contributed by atoms with Crippen LogP contribution in [0.2, 0.25) is 0 Å². The first-order chi connectivity index (χ1) is 15.2. The summed E-state index contributed by atoms with van der Waals surface area (Å²) in [4.78, 5) is 25.9. The second-order valence-electron chi connectivity index (χ2n) is 7.50. The van der Waals surface area contributed by atoms with Gasteiger partial charge in [-0.1, -0.05) is 23.5 Å². The summed E-state index contributed by atoms with van der Waals surface area (Å²) in [6, 6.07) is 10.4. The summed E-state index contributed by atoms with van der Waals surface area (Å²) in [6.07, 6.45) is 10.5. The molecule has 3 N–H and O–H groups in total. The van der Waals surface area contributed by atoms with Crippen molar-refractivity contribution in [3.63, 3.8) is 0 Å².